The molecule has 6 heteroatoms. The minimum atomic E-state index is -0.257. The number of benzene rings is 1. The van der Waals surface area contributed by atoms with Gasteiger partial charge in [0.15, 0.2) is 5.78 Å². The van der Waals surface area contributed by atoms with E-state index in [-0.39, 0.29) is 5.78 Å². The molecule has 0 bridgehead atoms. The number of nitrogen functional groups attached to an aromatic ring is 1. The maximum absolute atomic E-state index is 12.2. The smallest absolute Gasteiger partial charge is 0.197 e. The zero-order valence-electron chi connectivity index (χ0n) is 8.34. The SMILES string of the molecule is Nc1cc(Cl)ccc1C(=O)c1cc(Cl)sc1Cl. The summed E-state index contributed by atoms with van der Waals surface area (Å²) < 4.78 is 0.820. The molecule has 2 aromatic rings. The van der Waals surface area contributed by atoms with Crippen molar-refractivity contribution in [2.24, 2.45) is 0 Å². The summed E-state index contributed by atoms with van der Waals surface area (Å²) in [7, 11) is 0. The lowest BCUT2D eigenvalue weighted by Gasteiger charge is -2.04. The predicted octanol–water partition coefficient (Wildman–Crippen LogP) is 4.52. The van der Waals surface area contributed by atoms with E-state index in [9.17, 15) is 4.79 Å². The van der Waals surface area contributed by atoms with Crippen molar-refractivity contribution in [1.29, 1.82) is 0 Å². The first kappa shape index (κ1) is 12.7. The summed E-state index contributed by atoms with van der Waals surface area (Å²) >= 11 is 18.6. The molecule has 0 fully saturated rings. The first-order valence-electron chi connectivity index (χ1n) is 4.53. The summed E-state index contributed by atoms with van der Waals surface area (Å²) in [5.74, 6) is -0.257. The minimum Gasteiger partial charge on any atom is -0.398 e. The molecule has 1 aromatic carbocycles. The second-order valence-electron chi connectivity index (χ2n) is 3.30. The topological polar surface area (TPSA) is 43.1 Å². The Balaban J connectivity index is 2.47. The molecule has 2 nitrogen and oxygen atoms in total. The van der Waals surface area contributed by atoms with Crippen LogP contribution in [-0.2, 0) is 0 Å². The van der Waals surface area contributed by atoms with Crippen LogP contribution in [0.5, 0.6) is 0 Å². The summed E-state index contributed by atoms with van der Waals surface area (Å²) in [5.41, 5.74) is 6.78. The van der Waals surface area contributed by atoms with Gasteiger partial charge in [0.1, 0.15) is 4.34 Å². The molecular formula is C11H6Cl3NOS. The van der Waals surface area contributed by atoms with Crippen molar-refractivity contribution in [3.8, 4) is 0 Å². The molecule has 0 unspecified atom stereocenters. The van der Waals surface area contributed by atoms with Crippen molar-refractivity contribution >= 4 is 57.6 Å². The molecule has 0 spiro atoms. The average molecular weight is 307 g/mol. The Kier molecular flexibility index (Phi) is 3.64. The highest BCUT2D eigenvalue weighted by molar-refractivity contribution is 7.20. The van der Waals surface area contributed by atoms with Gasteiger partial charge in [-0.05, 0) is 24.3 Å². The molecule has 88 valence electrons. The quantitative estimate of drug-likeness (QED) is 0.654. The summed E-state index contributed by atoms with van der Waals surface area (Å²) in [6.07, 6.45) is 0. The zero-order chi connectivity index (χ0) is 12.6. The molecule has 0 saturated carbocycles. The van der Waals surface area contributed by atoms with Gasteiger partial charge in [-0.1, -0.05) is 34.8 Å². The molecule has 0 amide bonds. The van der Waals surface area contributed by atoms with Gasteiger partial charge in [0.2, 0.25) is 0 Å². The molecule has 2 rings (SSSR count). The maximum atomic E-state index is 12.2. The second-order valence-corrected chi connectivity index (χ2v) is 6.02. The van der Waals surface area contributed by atoms with E-state index in [1.54, 1.807) is 12.1 Å². The van der Waals surface area contributed by atoms with Crippen molar-refractivity contribution in [2.75, 3.05) is 5.73 Å². The highest BCUT2D eigenvalue weighted by Crippen LogP contribution is 2.33. The summed E-state index contributed by atoms with van der Waals surface area (Å²) in [4.78, 5) is 12.2. The standard InChI is InChI=1S/C11H6Cl3NOS/c12-5-1-2-6(8(15)3-5)10(16)7-4-9(13)17-11(7)14/h1-4H,15H2. The maximum Gasteiger partial charge on any atom is 0.197 e. The fourth-order valence-corrected chi connectivity index (χ4v) is 3.02. The Labute approximate surface area is 117 Å². The van der Waals surface area contributed by atoms with E-state index in [1.807, 2.05) is 0 Å². The number of rotatable bonds is 2. The summed E-state index contributed by atoms with van der Waals surface area (Å²) in [5, 5.41) is 0.480. The van der Waals surface area contributed by atoms with Crippen LogP contribution in [0.2, 0.25) is 13.7 Å². The highest BCUT2D eigenvalue weighted by Gasteiger charge is 2.18. The number of hydrogen-bond acceptors (Lipinski definition) is 3. The average Bonchev–Trinajstić information content (AvgIpc) is 2.57. The first-order chi connectivity index (χ1) is 7.99. The van der Waals surface area contributed by atoms with Gasteiger partial charge in [-0.15, -0.1) is 11.3 Å². The molecule has 0 aliphatic carbocycles. The molecule has 0 aliphatic rings. The number of halogens is 3. The van der Waals surface area contributed by atoms with Crippen LogP contribution >= 0.6 is 46.1 Å². The molecular weight excluding hydrogens is 301 g/mol. The number of thiophene rings is 1. The van der Waals surface area contributed by atoms with Crippen LogP contribution in [0.1, 0.15) is 15.9 Å². The van der Waals surface area contributed by atoms with E-state index in [1.165, 1.54) is 12.1 Å². The number of hydrogen-bond donors (Lipinski definition) is 1. The Hall–Kier alpha value is -0.740. The third kappa shape index (κ3) is 2.58. The largest absolute Gasteiger partial charge is 0.398 e. The fourth-order valence-electron chi connectivity index (χ4n) is 1.38. The van der Waals surface area contributed by atoms with Crippen molar-refractivity contribution < 1.29 is 4.79 Å². The van der Waals surface area contributed by atoms with Gasteiger partial charge in [-0.3, -0.25) is 4.79 Å². The zero-order valence-corrected chi connectivity index (χ0v) is 11.4. The van der Waals surface area contributed by atoms with Gasteiger partial charge in [0, 0.05) is 16.3 Å². The van der Waals surface area contributed by atoms with Crippen LogP contribution < -0.4 is 5.73 Å². The molecule has 17 heavy (non-hydrogen) atoms. The third-order valence-corrected chi connectivity index (χ3v) is 3.88. The lowest BCUT2D eigenvalue weighted by Crippen LogP contribution is -2.04. The van der Waals surface area contributed by atoms with E-state index in [0.717, 1.165) is 11.3 Å². The normalized spacial score (nSPS) is 10.5. The Morgan fingerprint density at radius 2 is 1.82 bits per heavy atom. The lowest BCUT2D eigenvalue weighted by atomic mass is 10.0. The predicted molar refractivity (Wildman–Crippen MR) is 73.6 cm³/mol. The second kappa shape index (κ2) is 4.86. The third-order valence-electron chi connectivity index (χ3n) is 2.16. The minimum absolute atomic E-state index is 0.257. The molecule has 0 radical (unpaired) electrons. The Morgan fingerprint density at radius 3 is 2.35 bits per heavy atom. The highest BCUT2D eigenvalue weighted by atomic mass is 35.5. The first-order valence-corrected chi connectivity index (χ1v) is 6.48. The van der Waals surface area contributed by atoms with Crippen LogP contribution in [0, 0.1) is 0 Å². The van der Waals surface area contributed by atoms with E-state index in [4.69, 9.17) is 40.5 Å². The van der Waals surface area contributed by atoms with Gasteiger partial charge in [-0.25, -0.2) is 0 Å². The van der Waals surface area contributed by atoms with Crippen LogP contribution in [0.15, 0.2) is 24.3 Å². The molecule has 1 aromatic heterocycles. The van der Waals surface area contributed by atoms with Crippen molar-refractivity contribution in [3.05, 3.63) is 49.1 Å². The number of carbonyl (C=O) groups excluding carboxylic acids is 1. The van der Waals surface area contributed by atoms with Crippen molar-refractivity contribution in [2.45, 2.75) is 0 Å². The number of ketones is 1. The van der Waals surface area contributed by atoms with E-state index in [0.29, 0.717) is 30.5 Å². The molecule has 0 saturated heterocycles. The van der Waals surface area contributed by atoms with Gasteiger partial charge >= 0.3 is 0 Å². The fraction of sp³-hybridized carbons (Fsp3) is 0. The Bertz CT molecular complexity index is 594. The number of nitrogens with two attached hydrogens (primary N) is 1. The van der Waals surface area contributed by atoms with E-state index < -0.39 is 0 Å². The van der Waals surface area contributed by atoms with Gasteiger partial charge < -0.3 is 5.73 Å². The van der Waals surface area contributed by atoms with Gasteiger partial charge in [0.05, 0.1) is 9.90 Å². The summed E-state index contributed by atoms with van der Waals surface area (Å²) in [6, 6.07) is 6.23. The Morgan fingerprint density at radius 1 is 1.12 bits per heavy atom. The van der Waals surface area contributed by atoms with Gasteiger partial charge in [0.25, 0.3) is 0 Å². The molecule has 0 aliphatic heterocycles. The van der Waals surface area contributed by atoms with E-state index in [2.05, 4.69) is 0 Å². The molecule has 2 N–H and O–H groups in total. The van der Waals surface area contributed by atoms with Crippen LogP contribution in [0.3, 0.4) is 0 Å². The monoisotopic (exact) mass is 305 g/mol. The van der Waals surface area contributed by atoms with Crippen molar-refractivity contribution in [1.82, 2.24) is 0 Å². The van der Waals surface area contributed by atoms with Crippen LogP contribution in [0.25, 0.3) is 0 Å². The van der Waals surface area contributed by atoms with Crippen LogP contribution in [-0.4, -0.2) is 5.78 Å². The number of carbonyl (C=O) groups is 1. The molecule has 1 heterocycles. The summed E-state index contributed by atoms with van der Waals surface area (Å²) in [6.45, 7) is 0. The van der Waals surface area contributed by atoms with Crippen LogP contribution in [0.4, 0.5) is 5.69 Å². The lowest BCUT2D eigenvalue weighted by molar-refractivity contribution is 0.104. The number of anilines is 1. The van der Waals surface area contributed by atoms with Crippen molar-refractivity contribution in [3.63, 3.8) is 0 Å². The molecule has 0 atom stereocenters. The van der Waals surface area contributed by atoms with E-state index >= 15 is 0 Å². The van der Waals surface area contributed by atoms with Gasteiger partial charge in [-0.2, -0.15) is 0 Å².